The summed E-state index contributed by atoms with van der Waals surface area (Å²) in [5.41, 5.74) is 0. The van der Waals surface area contributed by atoms with Gasteiger partial charge in [-0.2, -0.15) is 0 Å². The summed E-state index contributed by atoms with van der Waals surface area (Å²) >= 11 is 0. The van der Waals surface area contributed by atoms with Gasteiger partial charge in [0.2, 0.25) is 0 Å². The van der Waals surface area contributed by atoms with E-state index < -0.39 is 0 Å². The molecular formula is C16H34N2. The van der Waals surface area contributed by atoms with E-state index in [1.165, 1.54) is 45.4 Å². The van der Waals surface area contributed by atoms with Gasteiger partial charge in [0.05, 0.1) is 0 Å². The minimum absolute atomic E-state index is 0.747. The minimum atomic E-state index is 0.747. The maximum absolute atomic E-state index is 3.64. The van der Waals surface area contributed by atoms with E-state index in [1.54, 1.807) is 0 Å². The molecule has 0 aromatic rings. The van der Waals surface area contributed by atoms with Crippen molar-refractivity contribution in [3.63, 3.8) is 0 Å². The summed E-state index contributed by atoms with van der Waals surface area (Å²) in [5, 5.41) is 3.64. The highest BCUT2D eigenvalue weighted by Crippen LogP contribution is 2.22. The van der Waals surface area contributed by atoms with Crippen LogP contribution >= 0.6 is 0 Å². The van der Waals surface area contributed by atoms with Crippen molar-refractivity contribution >= 4 is 0 Å². The Hall–Kier alpha value is -0.0800. The van der Waals surface area contributed by atoms with E-state index in [4.69, 9.17) is 0 Å². The summed E-state index contributed by atoms with van der Waals surface area (Å²) < 4.78 is 0. The molecule has 1 atom stereocenters. The van der Waals surface area contributed by atoms with Crippen molar-refractivity contribution < 1.29 is 0 Å². The maximum Gasteiger partial charge on any atom is 0.0195 e. The molecule has 1 fully saturated rings. The van der Waals surface area contributed by atoms with Crippen LogP contribution in [0.15, 0.2) is 0 Å². The second kappa shape index (κ2) is 8.16. The molecule has 1 N–H and O–H groups in total. The van der Waals surface area contributed by atoms with Crippen LogP contribution in [0.2, 0.25) is 0 Å². The first-order chi connectivity index (χ1) is 8.54. The van der Waals surface area contributed by atoms with Gasteiger partial charge in [0, 0.05) is 19.1 Å². The van der Waals surface area contributed by atoms with E-state index in [0.29, 0.717) is 0 Å². The third kappa shape index (κ3) is 5.27. The van der Waals surface area contributed by atoms with Crippen molar-refractivity contribution in [2.75, 3.05) is 26.2 Å². The first-order valence-corrected chi connectivity index (χ1v) is 8.00. The van der Waals surface area contributed by atoms with Crippen LogP contribution in [0.3, 0.4) is 0 Å². The number of nitrogens with one attached hydrogen (secondary N) is 1. The lowest BCUT2D eigenvalue weighted by Gasteiger charge is -2.33. The molecule has 2 nitrogen and oxygen atoms in total. The van der Waals surface area contributed by atoms with Crippen LogP contribution in [-0.4, -0.2) is 37.1 Å². The maximum atomic E-state index is 3.64. The van der Waals surface area contributed by atoms with Crippen molar-refractivity contribution in [3.05, 3.63) is 0 Å². The second-order valence-electron chi connectivity index (χ2n) is 6.70. The fourth-order valence-corrected chi connectivity index (χ4v) is 3.29. The van der Waals surface area contributed by atoms with Crippen LogP contribution in [0.4, 0.5) is 0 Å². The van der Waals surface area contributed by atoms with Crippen LogP contribution < -0.4 is 5.32 Å². The number of hydrogen-bond donors (Lipinski definition) is 1. The summed E-state index contributed by atoms with van der Waals surface area (Å²) in [7, 11) is 0. The second-order valence-corrected chi connectivity index (χ2v) is 6.70. The van der Waals surface area contributed by atoms with Gasteiger partial charge in [-0.15, -0.1) is 0 Å². The van der Waals surface area contributed by atoms with Crippen molar-refractivity contribution in [2.45, 2.75) is 59.9 Å². The third-order valence-electron chi connectivity index (χ3n) is 4.36. The van der Waals surface area contributed by atoms with Crippen molar-refractivity contribution in [1.82, 2.24) is 10.2 Å². The van der Waals surface area contributed by atoms with E-state index in [2.05, 4.69) is 44.8 Å². The van der Waals surface area contributed by atoms with Gasteiger partial charge in [-0.25, -0.2) is 0 Å². The lowest BCUT2D eigenvalue weighted by Crippen LogP contribution is -2.42. The average molecular weight is 254 g/mol. The summed E-state index contributed by atoms with van der Waals surface area (Å²) in [6.45, 7) is 16.8. The Labute approximate surface area is 115 Å². The van der Waals surface area contributed by atoms with Gasteiger partial charge in [-0.1, -0.05) is 34.6 Å². The predicted molar refractivity (Wildman–Crippen MR) is 80.9 cm³/mol. The van der Waals surface area contributed by atoms with Gasteiger partial charge in [0.25, 0.3) is 0 Å². The zero-order valence-electron chi connectivity index (χ0n) is 13.2. The van der Waals surface area contributed by atoms with Gasteiger partial charge >= 0.3 is 0 Å². The molecule has 0 bridgehead atoms. The van der Waals surface area contributed by atoms with Crippen molar-refractivity contribution in [2.24, 2.45) is 17.8 Å². The average Bonchev–Trinajstić information content (AvgIpc) is 2.77. The predicted octanol–water partition coefficient (Wildman–Crippen LogP) is 3.38. The molecule has 1 unspecified atom stereocenters. The summed E-state index contributed by atoms with van der Waals surface area (Å²) in [6, 6.07) is 0.747. The van der Waals surface area contributed by atoms with Gasteiger partial charge in [-0.3, -0.25) is 0 Å². The molecule has 0 spiro atoms. The first-order valence-electron chi connectivity index (χ1n) is 8.00. The highest BCUT2D eigenvalue weighted by atomic mass is 15.2. The zero-order chi connectivity index (χ0) is 13.5. The quantitative estimate of drug-likeness (QED) is 0.714. The summed E-state index contributed by atoms with van der Waals surface area (Å²) in [4.78, 5) is 2.70. The van der Waals surface area contributed by atoms with Crippen molar-refractivity contribution in [3.8, 4) is 0 Å². The number of hydrogen-bond acceptors (Lipinski definition) is 2. The number of rotatable bonds is 8. The van der Waals surface area contributed by atoms with Gasteiger partial charge in [0.1, 0.15) is 0 Å². The van der Waals surface area contributed by atoms with Gasteiger partial charge in [-0.05, 0) is 50.1 Å². The molecule has 1 saturated heterocycles. The molecule has 0 amide bonds. The zero-order valence-corrected chi connectivity index (χ0v) is 13.2. The Morgan fingerprint density at radius 2 is 1.83 bits per heavy atom. The molecule has 2 heteroatoms. The molecule has 0 aromatic carbocycles. The van der Waals surface area contributed by atoms with Gasteiger partial charge < -0.3 is 10.2 Å². The van der Waals surface area contributed by atoms with E-state index in [1.807, 2.05) is 0 Å². The molecule has 1 rings (SSSR count). The topological polar surface area (TPSA) is 15.3 Å². The largest absolute Gasteiger partial charge is 0.313 e. The molecular weight excluding hydrogens is 220 g/mol. The van der Waals surface area contributed by atoms with E-state index in [9.17, 15) is 0 Å². The Morgan fingerprint density at radius 3 is 2.28 bits per heavy atom. The highest BCUT2D eigenvalue weighted by molar-refractivity contribution is 4.80. The molecule has 1 aliphatic rings. The molecule has 0 aliphatic carbocycles. The Kier molecular flexibility index (Phi) is 7.25. The minimum Gasteiger partial charge on any atom is -0.313 e. The van der Waals surface area contributed by atoms with Crippen LogP contribution in [0.25, 0.3) is 0 Å². The molecule has 0 saturated carbocycles. The normalized spacial score (nSPS) is 20.8. The van der Waals surface area contributed by atoms with E-state index >= 15 is 0 Å². The van der Waals surface area contributed by atoms with Crippen molar-refractivity contribution in [1.29, 1.82) is 0 Å². The fraction of sp³-hybridized carbons (Fsp3) is 1.00. The highest BCUT2D eigenvalue weighted by Gasteiger charge is 2.23. The smallest absolute Gasteiger partial charge is 0.0195 e. The van der Waals surface area contributed by atoms with Gasteiger partial charge in [0.15, 0.2) is 0 Å². The molecule has 1 aliphatic heterocycles. The van der Waals surface area contributed by atoms with Crippen LogP contribution in [0.5, 0.6) is 0 Å². The van der Waals surface area contributed by atoms with Crippen LogP contribution in [0.1, 0.15) is 53.9 Å². The van der Waals surface area contributed by atoms with E-state index in [-0.39, 0.29) is 0 Å². The monoisotopic (exact) mass is 254 g/mol. The number of nitrogens with zero attached hydrogens (tertiary/aromatic N) is 1. The van der Waals surface area contributed by atoms with Crippen LogP contribution in [-0.2, 0) is 0 Å². The summed E-state index contributed by atoms with van der Waals surface area (Å²) in [5.74, 6) is 2.42. The van der Waals surface area contributed by atoms with E-state index in [0.717, 1.165) is 23.8 Å². The Morgan fingerprint density at radius 1 is 1.17 bits per heavy atom. The molecule has 1 heterocycles. The lowest BCUT2D eigenvalue weighted by molar-refractivity contribution is 0.156. The first kappa shape index (κ1) is 16.0. The fourth-order valence-electron chi connectivity index (χ4n) is 3.29. The summed E-state index contributed by atoms with van der Waals surface area (Å²) in [6.07, 6.45) is 4.01. The Bertz CT molecular complexity index is 199. The molecule has 0 aromatic heterocycles. The third-order valence-corrected chi connectivity index (χ3v) is 4.36. The molecule has 0 radical (unpaired) electrons. The Balaban J connectivity index is 2.48. The SMILES string of the molecule is CCCN(CC1CCCN1)CC(C(C)C)C(C)C. The standard InChI is InChI=1S/C16H34N2/c1-6-10-18(11-15-8-7-9-17-15)12-16(13(2)3)14(4)5/h13-17H,6-12H2,1-5H3. The lowest BCUT2D eigenvalue weighted by atomic mass is 9.85. The molecule has 108 valence electrons. The molecule has 18 heavy (non-hydrogen) atoms. The van der Waals surface area contributed by atoms with Crippen LogP contribution in [0, 0.1) is 17.8 Å².